The van der Waals surface area contributed by atoms with Crippen LogP contribution < -0.4 is 11.1 Å². The molecule has 0 rings (SSSR count). The Morgan fingerprint density at radius 3 is 2.58 bits per heavy atom. The van der Waals surface area contributed by atoms with Crippen LogP contribution in [0.2, 0.25) is 0 Å². The summed E-state index contributed by atoms with van der Waals surface area (Å²) in [5.74, 6) is -0.886. The third kappa shape index (κ3) is 6.80. The van der Waals surface area contributed by atoms with Crippen LogP contribution in [0.15, 0.2) is 12.2 Å². The standard InChI is InChI=1S/C8H14N2O2/c1-2-3-6-10-8(12)5-4-7(9)11/h4-5H,2-3,6H2,1H3,(H2,9,11)(H,10,12)/b5-4+. The smallest absolute Gasteiger partial charge is 0.244 e. The van der Waals surface area contributed by atoms with Crippen molar-refractivity contribution in [1.82, 2.24) is 5.32 Å². The molecular formula is C8H14N2O2. The van der Waals surface area contributed by atoms with Gasteiger partial charge >= 0.3 is 0 Å². The normalized spacial score (nSPS) is 10.1. The van der Waals surface area contributed by atoms with Crippen molar-refractivity contribution >= 4 is 11.8 Å². The van der Waals surface area contributed by atoms with Crippen LogP contribution in [0.5, 0.6) is 0 Å². The van der Waals surface area contributed by atoms with E-state index >= 15 is 0 Å². The number of carbonyl (C=O) groups excluding carboxylic acids is 2. The molecule has 0 saturated carbocycles. The molecule has 12 heavy (non-hydrogen) atoms. The van der Waals surface area contributed by atoms with Crippen LogP contribution >= 0.6 is 0 Å². The summed E-state index contributed by atoms with van der Waals surface area (Å²) in [6.07, 6.45) is 4.15. The molecule has 68 valence electrons. The van der Waals surface area contributed by atoms with Crippen LogP contribution in [0.4, 0.5) is 0 Å². The van der Waals surface area contributed by atoms with E-state index in [4.69, 9.17) is 5.73 Å². The molecule has 0 aromatic carbocycles. The van der Waals surface area contributed by atoms with E-state index in [1.54, 1.807) is 0 Å². The number of amides is 2. The maximum atomic E-state index is 10.8. The first-order valence-corrected chi connectivity index (χ1v) is 3.92. The van der Waals surface area contributed by atoms with Gasteiger partial charge < -0.3 is 11.1 Å². The van der Waals surface area contributed by atoms with Crippen molar-refractivity contribution in [2.45, 2.75) is 19.8 Å². The van der Waals surface area contributed by atoms with Gasteiger partial charge in [-0.05, 0) is 6.42 Å². The van der Waals surface area contributed by atoms with E-state index in [9.17, 15) is 9.59 Å². The van der Waals surface area contributed by atoms with E-state index in [1.807, 2.05) is 6.92 Å². The fourth-order valence-electron chi connectivity index (χ4n) is 0.605. The highest BCUT2D eigenvalue weighted by Crippen LogP contribution is 1.82. The Morgan fingerprint density at radius 2 is 2.08 bits per heavy atom. The number of nitrogens with two attached hydrogens (primary N) is 1. The van der Waals surface area contributed by atoms with Crippen molar-refractivity contribution in [2.75, 3.05) is 6.54 Å². The molecular weight excluding hydrogens is 156 g/mol. The van der Waals surface area contributed by atoms with Crippen LogP contribution in [-0.2, 0) is 9.59 Å². The second kappa shape index (κ2) is 6.39. The first-order valence-electron chi connectivity index (χ1n) is 3.92. The van der Waals surface area contributed by atoms with E-state index in [0.717, 1.165) is 25.0 Å². The molecule has 4 nitrogen and oxygen atoms in total. The van der Waals surface area contributed by atoms with Crippen molar-refractivity contribution in [3.05, 3.63) is 12.2 Å². The third-order valence-electron chi connectivity index (χ3n) is 1.23. The van der Waals surface area contributed by atoms with E-state index in [0.29, 0.717) is 6.54 Å². The Morgan fingerprint density at radius 1 is 1.42 bits per heavy atom. The Bertz CT molecular complexity index is 187. The predicted octanol–water partition coefficient (Wildman–Crippen LogP) is -0.0558. The maximum Gasteiger partial charge on any atom is 0.244 e. The monoisotopic (exact) mass is 170 g/mol. The fourth-order valence-corrected chi connectivity index (χ4v) is 0.605. The van der Waals surface area contributed by atoms with Gasteiger partial charge in [0.1, 0.15) is 0 Å². The number of hydrogen-bond acceptors (Lipinski definition) is 2. The van der Waals surface area contributed by atoms with E-state index in [2.05, 4.69) is 5.32 Å². The highest BCUT2D eigenvalue weighted by molar-refractivity contribution is 5.95. The molecule has 3 N–H and O–H groups in total. The van der Waals surface area contributed by atoms with E-state index < -0.39 is 5.91 Å². The molecule has 0 aromatic rings. The minimum Gasteiger partial charge on any atom is -0.366 e. The molecule has 0 atom stereocenters. The zero-order valence-corrected chi connectivity index (χ0v) is 7.17. The number of unbranched alkanes of at least 4 members (excludes halogenated alkanes) is 1. The zero-order valence-electron chi connectivity index (χ0n) is 7.17. The van der Waals surface area contributed by atoms with Gasteiger partial charge in [-0.3, -0.25) is 9.59 Å². The quantitative estimate of drug-likeness (QED) is 0.448. The Balaban J connectivity index is 3.53. The Hall–Kier alpha value is -1.32. The molecule has 0 spiro atoms. The first-order chi connectivity index (χ1) is 5.66. The molecule has 0 unspecified atom stereocenters. The molecule has 0 aromatic heterocycles. The number of primary amides is 1. The number of nitrogens with one attached hydrogen (secondary N) is 1. The Labute approximate surface area is 71.8 Å². The lowest BCUT2D eigenvalue weighted by molar-refractivity contribution is -0.117. The van der Waals surface area contributed by atoms with Gasteiger partial charge in [0.25, 0.3) is 0 Å². The average Bonchev–Trinajstić information content (AvgIpc) is 2.01. The van der Waals surface area contributed by atoms with Gasteiger partial charge in [0, 0.05) is 18.7 Å². The molecule has 0 aliphatic heterocycles. The first kappa shape index (κ1) is 10.7. The van der Waals surface area contributed by atoms with E-state index in [-0.39, 0.29) is 5.91 Å². The summed E-state index contributed by atoms with van der Waals surface area (Å²) in [6, 6.07) is 0. The Kier molecular flexibility index (Phi) is 5.69. The van der Waals surface area contributed by atoms with Crippen molar-refractivity contribution in [3.63, 3.8) is 0 Å². The number of carbonyl (C=O) groups is 2. The minimum atomic E-state index is -0.611. The average molecular weight is 170 g/mol. The fraction of sp³-hybridized carbons (Fsp3) is 0.500. The van der Waals surface area contributed by atoms with Gasteiger partial charge in [0.05, 0.1) is 0 Å². The summed E-state index contributed by atoms with van der Waals surface area (Å²) >= 11 is 0. The summed E-state index contributed by atoms with van der Waals surface area (Å²) in [5.41, 5.74) is 4.79. The maximum absolute atomic E-state index is 10.8. The van der Waals surface area contributed by atoms with Gasteiger partial charge in [-0.1, -0.05) is 13.3 Å². The van der Waals surface area contributed by atoms with Crippen LogP contribution in [0, 0.1) is 0 Å². The topological polar surface area (TPSA) is 72.2 Å². The van der Waals surface area contributed by atoms with Crippen LogP contribution in [0.3, 0.4) is 0 Å². The summed E-state index contributed by atoms with van der Waals surface area (Å²) in [4.78, 5) is 21.0. The lowest BCUT2D eigenvalue weighted by Crippen LogP contribution is -2.22. The second-order valence-electron chi connectivity index (χ2n) is 2.38. The van der Waals surface area contributed by atoms with Crippen LogP contribution in [-0.4, -0.2) is 18.4 Å². The lowest BCUT2D eigenvalue weighted by Gasteiger charge is -1.98. The number of hydrogen-bond donors (Lipinski definition) is 2. The largest absolute Gasteiger partial charge is 0.366 e. The van der Waals surface area contributed by atoms with E-state index in [1.165, 1.54) is 0 Å². The lowest BCUT2D eigenvalue weighted by atomic mass is 10.3. The molecule has 0 radical (unpaired) electrons. The van der Waals surface area contributed by atoms with Crippen molar-refractivity contribution in [2.24, 2.45) is 5.73 Å². The van der Waals surface area contributed by atoms with Crippen molar-refractivity contribution in [1.29, 1.82) is 0 Å². The van der Waals surface area contributed by atoms with Crippen LogP contribution in [0.25, 0.3) is 0 Å². The zero-order chi connectivity index (χ0) is 9.40. The second-order valence-corrected chi connectivity index (χ2v) is 2.38. The molecule has 0 aliphatic rings. The molecule has 0 saturated heterocycles. The van der Waals surface area contributed by atoms with Gasteiger partial charge in [-0.25, -0.2) is 0 Å². The molecule has 0 bridgehead atoms. The highest BCUT2D eigenvalue weighted by Gasteiger charge is 1.93. The molecule has 0 heterocycles. The third-order valence-corrected chi connectivity index (χ3v) is 1.23. The molecule has 4 heteroatoms. The molecule has 0 fully saturated rings. The highest BCUT2D eigenvalue weighted by atomic mass is 16.2. The van der Waals surface area contributed by atoms with Crippen LogP contribution in [0.1, 0.15) is 19.8 Å². The summed E-state index contributed by atoms with van der Waals surface area (Å²) in [6.45, 7) is 2.67. The minimum absolute atomic E-state index is 0.276. The van der Waals surface area contributed by atoms with Gasteiger partial charge in [-0.2, -0.15) is 0 Å². The molecule has 2 amide bonds. The summed E-state index contributed by atoms with van der Waals surface area (Å²) in [5, 5.41) is 2.61. The van der Waals surface area contributed by atoms with Gasteiger partial charge in [-0.15, -0.1) is 0 Å². The predicted molar refractivity (Wildman–Crippen MR) is 46.3 cm³/mol. The van der Waals surface area contributed by atoms with Gasteiger partial charge in [0.2, 0.25) is 11.8 Å². The van der Waals surface area contributed by atoms with Gasteiger partial charge in [0.15, 0.2) is 0 Å². The molecule has 0 aliphatic carbocycles. The summed E-state index contributed by atoms with van der Waals surface area (Å²) < 4.78 is 0. The summed E-state index contributed by atoms with van der Waals surface area (Å²) in [7, 11) is 0. The SMILES string of the molecule is CCCCNC(=O)/C=C/C(N)=O. The number of rotatable bonds is 5. The van der Waals surface area contributed by atoms with Crippen molar-refractivity contribution in [3.8, 4) is 0 Å². The van der Waals surface area contributed by atoms with Crippen molar-refractivity contribution < 1.29 is 9.59 Å².